The van der Waals surface area contributed by atoms with Gasteiger partial charge in [0.15, 0.2) is 5.82 Å². The molecule has 1 unspecified atom stereocenters. The number of aromatic nitrogens is 4. The first-order chi connectivity index (χ1) is 12.6. The van der Waals surface area contributed by atoms with Gasteiger partial charge in [-0.15, -0.1) is 12.4 Å². The van der Waals surface area contributed by atoms with Crippen LogP contribution in [0.3, 0.4) is 0 Å². The number of pyridine rings is 1. The minimum Gasteiger partial charge on any atom is -0.475 e. The smallest absolute Gasteiger partial charge is 0.258 e. The van der Waals surface area contributed by atoms with E-state index in [1.807, 2.05) is 13.8 Å². The van der Waals surface area contributed by atoms with Gasteiger partial charge in [-0.05, 0) is 45.3 Å². The van der Waals surface area contributed by atoms with Gasteiger partial charge in [0.1, 0.15) is 0 Å². The Morgan fingerprint density at radius 1 is 1.44 bits per heavy atom. The van der Waals surface area contributed by atoms with Crippen molar-refractivity contribution in [3.8, 4) is 5.88 Å². The number of halogens is 1. The van der Waals surface area contributed by atoms with Gasteiger partial charge >= 0.3 is 0 Å². The van der Waals surface area contributed by atoms with E-state index in [0.717, 1.165) is 38.2 Å². The summed E-state index contributed by atoms with van der Waals surface area (Å²) >= 11 is 0. The summed E-state index contributed by atoms with van der Waals surface area (Å²) in [6, 6.07) is 3.30. The molecule has 1 amide bonds. The molecule has 27 heavy (non-hydrogen) atoms. The first-order valence-corrected chi connectivity index (χ1v) is 9.12. The van der Waals surface area contributed by atoms with E-state index in [0.29, 0.717) is 23.3 Å². The van der Waals surface area contributed by atoms with Crippen molar-refractivity contribution in [3.63, 3.8) is 0 Å². The van der Waals surface area contributed by atoms with Crippen LogP contribution in [0.2, 0.25) is 0 Å². The maximum Gasteiger partial charge on any atom is 0.258 e. The van der Waals surface area contributed by atoms with Crippen molar-refractivity contribution in [2.75, 3.05) is 18.4 Å². The summed E-state index contributed by atoms with van der Waals surface area (Å²) in [6.45, 7) is 5.95. The van der Waals surface area contributed by atoms with Crippen LogP contribution in [-0.4, -0.2) is 44.8 Å². The summed E-state index contributed by atoms with van der Waals surface area (Å²) in [5.41, 5.74) is 0.477. The normalized spacial score (nSPS) is 15.7. The molecule has 0 bridgehead atoms. The Labute approximate surface area is 165 Å². The molecule has 1 aliphatic rings. The summed E-state index contributed by atoms with van der Waals surface area (Å²) in [5.74, 6) is 1.77. The van der Waals surface area contributed by atoms with Crippen molar-refractivity contribution < 1.29 is 9.53 Å². The highest BCUT2D eigenvalue weighted by Gasteiger charge is 2.21. The second-order valence-electron chi connectivity index (χ2n) is 6.62. The first kappa shape index (κ1) is 21.1. The first-order valence-electron chi connectivity index (χ1n) is 9.12. The lowest BCUT2D eigenvalue weighted by molar-refractivity contribution is 0.102. The molecular formula is C18H27ClN6O2. The van der Waals surface area contributed by atoms with Crippen LogP contribution in [0.1, 0.15) is 55.2 Å². The lowest BCUT2D eigenvalue weighted by Gasteiger charge is -2.19. The van der Waals surface area contributed by atoms with Crippen molar-refractivity contribution in [1.82, 2.24) is 25.1 Å². The third-order valence-electron chi connectivity index (χ3n) is 4.60. The molecule has 8 nitrogen and oxygen atoms in total. The van der Waals surface area contributed by atoms with Crippen LogP contribution in [0.25, 0.3) is 0 Å². The molecule has 0 radical (unpaired) electrons. The van der Waals surface area contributed by atoms with Gasteiger partial charge in [0.25, 0.3) is 5.91 Å². The molecule has 0 aliphatic carbocycles. The number of hydrogen-bond donors (Lipinski definition) is 2. The number of hydrogen-bond acceptors (Lipinski definition) is 6. The molecule has 148 valence electrons. The molecular weight excluding hydrogens is 368 g/mol. The molecule has 0 spiro atoms. The van der Waals surface area contributed by atoms with E-state index in [4.69, 9.17) is 4.74 Å². The molecule has 1 atom stereocenters. The largest absolute Gasteiger partial charge is 0.475 e. The Balaban J connectivity index is 0.00000261. The van der Waals surface area contributed by atoms with Crippen LogP contribution in [0.15, 0.2) is 18.3 Å². The molecule has 2 aromatic rings. The van der Waals surface area contributed by atoms with Crippen LogP contribution in [0, 0.1) is 0 Å². The van der Waals surface area contributed by atoms with E-state index in [-0.39, 0.29) is 24.4 Å². The number of piperidine rings is 1. The molecule has 1 saturated heterocycles. The zero-order chi connectivity index (χ0) is 18.5. The summed E-state index contributed by atoms with van der Waals surface area (Å²) in [7, 11) is 1.79. The second kappa shape index (κ2) is 9.66. The predicted octanol–water partition coefficient (Wildman–Crippen LogP) is 2.53. The number of carbonyl (C=O) groups excluding carboxylic acids is 1. The summed E-state index contributed by atoms with van der Waals surface area (Å²) < 4.78 is 7.30. The summed E-state index contributed by atoms with van der Waals surface area (Å²) in [6.07, 6.45) is 4.52. The fourth-order valence-electron chi connectivity index (χ4n) is 2.84. The minimum atomic E-state index is -0.256. The highest BCUT2D eigenvalue weighted by molar-refractivity contribution is 6.03. The number of aryl methyl sites for hydroxylation is 1. The maximum absolute atomic E-state index is 12.6. The van der Waals surface area contributed by atoms with Crippen LogP contribution in [0.5, 0.6) is 5.88 Å². The van der Waals surface area contributed by atoms with Crippen LogP contribution >= 0.6 is 12.4 Å². The summed E-state index contributed by atoms with van der Waals surface area (Å²) in [4.78, 5) is 21.3. The molecule has 1 fully saturated rings. The van der Waals surface area contributed by atoms with Crippen LogP contribution in [0.4, 0.5) is 5.95 Å². The Hall–Kier alpha value is -2.19. The van der Waals surface area contributed by atoms with E-state index in [1.54, 1.807) is 30.1 Å². The fraction of sp³-hybridized carbons (Fsp3) is 0.556. The number of nitrogens with zero attached hydrogens (tertiary/aromatic N) is 4. The van der Waals surface area contributed by atoms with Gasteiger partial charge in [-0.25, -0.2) is 9.67 Å². The Morgan fingerprint density at radius 2 is 2.19 bits per heavy atom. The van der Waals surface area contributed by atoms with Crippen LogP contribution in [-0.2, 0) is 7.05 Å². The quantitative estimate of drug-likeness (QED) is 0.781. The molecule has 3 rings (SSSR count). The predicted molar refractivity (Wildman–Crippen MR) is 106 cm³/mol. The number of ether oxygens (including phenoxy) is 1. The van der Waals surface area contributed by atoms with Gasteiger partial charge in [-0.2, -0.15) is 10.1 Å². The molecule has 1 aliphatic heterocycles. The average molecular weight is 395 g/mol. The lowest BCUT2D eigenvalue weighted by atomic mass is 9.98. The highest BCUT2D eigenvalue weighted by Crippen LogP contribution is 2.23. The fourth-order valence-corrected chi connectivity index (χ4v) is 2.84. The Bertz CT molecular complexity index is 760. The average Bonchev–Trinajstić information content (AvgIpc) is 3.03. The zero-order valence-corrected chi connectivity index (χ0v) is 16.8. The van der Waals surface area contributed by atoms with E-state index in [2.05, 4.69) is 25.7 Å². The topological polar surface area (TPSA) is 94.0 Å². The van der Waals surface area contributed by atoms with Gasteiger partial charge in [0.2, 0.25) is 11.8 Å². The number of amides is 1. The molecule has 3 heterocycles. The van der Waals surface area contributed by atoms with E-state index >= 15 is 0 Å². The van der Waals surface area contributed by atoms with Gasteiger partial charge in [0, 0.05) is 30.8 Å². The third kappa shape index (κ3) is 5.40. The molecule has 0 aromatic carbocycles. The van der Waals surface area contributed by atoms with Crippen molar-refractivity contribution in [1.29, 1.82) is 0 Å². The Kier molecular flexibility index (Phi) is 7.55. The summed E-state index contributed by atoms with van der Waals surface area (Å²) in [5, 5.41) is 10.6. The number of nitrogens with one attached hydrogen (secondary N) is 2. The second-order valence-corrected chi connectivity index (χ2v) is 6.62. The van der Waals surface area contributed by atoms with Gasteiger partial charge in [-0.1, -0.05) is 6.92 Å². The van der Waals surface area contributed by atoms with Crippen LogP contribution < -0.4 is 15.4 Å². The third-order valence-corrected chi connectivity index (χ3v) is 4.60. The van der Waals surface area contributed by atoms with Gasteiger partial charge in [-0.3, -0.25) is 10.1 Å². The van der Waals surface area contributed by atoms with Gasteiger partial charge in [0.05, 0.1) is 6.10 Å². The highest BCUT2D eigenvalue weighted by atomic mass is 35.5. The van der Waals surface area contributed by atoms with Crippen molar-refractivity contribution in [3.05, 3.63) is 29.7 Å². The molecule has 9 heteroatoms. The zero-order valence-electron chi connectivity index (χ0n) is 15.9. The molecule has 2 N–H and O–H groups in total. The van der Waals surface area contributed by atoms with Crippen molar-refractivity contribution in [2.24, 2.45) is 7.05 Å². The number of carbonyl (C=O) groups is 1. The Morgan fingerprint density at radius 3 is 2.89 bits per heavy atom. The van der Waals surface area contributed by atoms with E-state index < -0.39 is 0 Å². The number of anilines is 1. The van der Waals surface area contributed by atoms with E-state index in [9.17, 15) is 4.79 Å². The lowest BCUT2D eigenvalue weighted by Crippen LogP contribution is -2.27. The monoisotopic (exact) mass is 394 g/mol. The van der Waals surface area contributed by atoms with Gasteiger partial charge < -0.3 is 10.1 Å². The maximum atomic E-state index is 12.6. The van der Waals surface area contributed by atoms with Crippen molar-refractivity contribution >= 4 is 24.3 Å². The standard InChI is InChI=1S/C18H26N6O2.ClH/c1-4-12(2)26-15-11-14(7-10-20-15)17(25)22-18-21-16(23-24(18)3)13-5-8-19-9-6-13;/h7,10-13,19H,4-6,8-9H2,1-3H3,(H,21,22,23,25);1H. The molecule has 0 saturated carbocycles. The SMILES string of the molecule is CCC(C)Oc1cc(C(=O)Nc2nc(C3CCNCC3)nn2C)ccn1.Cl. The van der Waals surface area contributed by atoms with Crippen molar-refractivity contribution in [2.45, 2.75) is 45.1 Å². The molecule has 2 aromatic heterocycles. The minimum absolute atomic E-state index is 0. The number of rotatable bonds is 6. The van der Waals surface area contributed by atoms with E-state index in [1.165, 1.54) is 0 Å².